The monoisotopic (exact) mass is 492 g/mol. The molecule has 0 saturated carbocycles. The van der Waals surface area contributed by atoms with Gasteiger partial charge in [-0.3, -0.25) is 9.36 Å². The molecule has 1 aliphatic rings. The number of anilines is 2. The second-order valence-electron chi connectivity index (χ2n) is 7.92. The molecule has 2 aromatic heterocycles. The van der Waals surface area contributed by atoms with Gasteiger partial charge in [0.2, 0.25) is 0 Å². The molecule has 6 N–H and O–H groups in total. The van der Waals surface area contributed by atoms with Gasteiger partial charge >= 0.3 is 10.2 Å². The summed E-state index contributed by atoms with van der Waals surface area (Å²) in [5, 5.41) is 22.0. The second-order valence-corrected chi connectivity index (χ2v) is 9.42. The van der Waals surface area contributed by atoms with E-state index in [2.05, 4.69) is 19.7 Å². The Bertz CT molecular complexity index is 1330. The second kappa shape index (κ2) is 8.77. The number of rotatable bonds is 7. The summed E-state index contributed by atoms with van der Waals surface area (Å²) in [4.78, 5) is 26.5. The van der Waals surface area contributed by atoms with E-state index in [1.165, 1.54) is 29.4 Å². The summed E-state index contributed by atoms with van der Waals surface area (Å²) >= 11 is 0. The van der Waals surface area contributed by atoms with Crippen LogP contribution in [0.4, 0.5) is 11.5 Å². The van der Waals surface area contributed by atoms with Crippen molar-refractivity contribution in [2.45, 2.75) is 17.9 Å². The highest BCUT2D eigenvalue weighted by molar-refractivity contribution is 7.88. The number of nitrogen functional groups attached to an aromatic ring is 1. The number of hydrogen-bond donors (Lipinski definition) is 5. The Hall–Kier alpha value is -3.37. The van der Waals surface area contributed by atoms with Crippen LogP contribution in [0.5, 0.6) is 0 Å². The largest absolute Gasteiger partial charge is 0.398 e. The molecule has 0 aliphatic carbocycles. The topological polar surface area (TPSA) is 198 Å². The van der Waals surface area contributed by atoms with Gasteiger partial charge < -0.3 is 25.6 Å². The maximum atomic E-state index is 12.3. The maximum Gasteiger partial charge on any atom is 0.301 e. The van der Waals surface area contributed by atoms with E-state index in [4.69, 9.17) is 10.5 Å². The Morgan fingerprint density at radius 1 is 1.32 bits per heavy atom. The first-order valence-electron chi connectivity index (χ1n) is 10.1. The molecule has 3 atom stereocenters. The van der Waals surface area contributed by atoms with Crippen molar-refractivity contribution in [1.82, 2.24) is 29.0 Å². The van der Waals surface area contributed by atoms with Crippen molar-refractivity contribution in [3.05, 3.63) is 42.5 Å². The number of aromatic nitrogens is 4. The zero-order chi connectivity index (χ0) is 24.7. The molecule has 0 bridgehead atoms. The van der Waals surface area contributed by atoms with Crippen LogP contribution in [0.2, 0.25) is 0 Å². The Morgan fingerprint density at radius 3 is 2.76 bits per heavy atom. The lowest BCUT2D eigenvalue weighted by Gasteiger charge is -2.28. The highest BCUT2D eigenvalue weighted by atomic mass is 32.2. The lowest BCUT2D eigenvalue weighted by atomic mass is 10.1. The number of imidazole rings is 1. The minimum atomic E-state index is -4.32. The number of nitrogens with one attached hydrogen (secondary N) is 2. The highest BCUT2D eigenvalue weighted by Crippen LogP contribution is 2.33. The number of carbonyl (C=O) groups is 1. The predicted molar refractivity (Wildman–Crippen MR) is 121 cm³/mol. The number of benzene rings is 1. The molecule has 3 heterocycles. The van der Waals surface area contributed by atoms with Gasteiger partial charge in [-0.15, -0.1) is 0 Å². The van der Waals surface area contributed by atoms with Gasteiger partial charge in [0.05, 0.1) is 18.5 Å². The Balaban J connectivity index is 1.47. The predicted octanol–water partition coefficient (Wildman–Crippen LogP) is -1.86. The van der Waals surface area contributed by atoms with Gasteiger partial charge in [0.15, 0.2) is 22.7 Å². The van der Waals surface area contributed by atoms with Gasteiger partial charge in [-0.2, -0.15) is 13.1 Å². The van der Waals surface area contributed by atoms with Gasteiger partial charge in [-0.1, -0.05) is 12.1 Å². The van der Waals surface area contributed by atoms with Crippen LogP contribution in [0, 0.1) is 0 Å². The van der Waals surface area contributed by atoms with Crippen LogP contribution in [-0.2, 0) is 20.7 Å². The lowest BCUT2D eigenvalue weighted by molar-refractivity contribution is -0.107. The molecule has 0 radical (unpaired) electrons. The molecule has 34 heavy (non-hydrogen) atoms. The first-order chi connectivity index (χ1) is 16.0. The number of ether oxygens (including phenoxy) is 1. The number of amides is 1. The van der Waals surface area contributed by atoms with Gasteiger partial charge in [0.25, 0.3) is 5.91 Å². The number of nitrogens with zero attached hydrogens (tertiary/aromatic N) is 5. The summed E-state index contributed by atoms with van der Waals surface area (Å²) in [5.41, 5.74) is 4.50. The summed E-state index contributed by atoms with van der Waals surface area (Å²) in [6, 6.07) is 5.99. The molecule has 1 fully saturated rings. The average molecular weight is 493 g/mol. The van der Waals surface area contributed by atoms with Gasteiger partial charge in [0, 0.05) is 26.3 Å². The van der Waals surface area contributed by atoms with Crippen LogP contribution < -0.4 is 20.1 Å². The van der Waals surface area contributed by atoms with E-state index in [0.29, 0.717) is 11.3 Å². The van der Waals surface area contributed by atoms with Crippen molar-refractivity contribution in [1.29, 1.82) is 0 Å². The lowest BCUT2D eigenvalue weighted by Crippen LogP contribution is -2.50. The molecular formula is C19H24N8O6S. The van der Waals surface area contributed by atoms with Crippen molar-refractivity contribution in [2.75, 3.05) is 37.9 Å². The van der Waals surface area contributed by atoms with Crippen LogP contribution in [0.15, 0.2) is 36.9 Å². The summed E-state index contributed by atoms with van der Waals surface area (Å²) in [7, 11) is -0.773. The normalized spacial score (nSPS) is 22.7. The van der Waals surface area contributed by atoms with E-state index in [1.54, 1.807) is 31.1 Å². The van der Waals surface area contributed by atoms with Crippen LogP contribution in [-0.4, -0.2) is 83.5 Å². The SMILES string of the molecule is CN(C)c1ncnc2c1ncn2[C@@]1(O)CO[C@H](CNS(=O)(=O)NC(=O)c2ccccc2N)[C@H]1O. The number of hydrogen-bond acceptors (Lipinski definition) is 11. The van der Waals surface area contributed by atoms with E-state index in [0.717, 1.165) is 0 Å². The molecule has 1 aromatic carbocycles. The Labute approximate surface area is 194 Å². The third kappa shape index (κ3) is 4.26. The average Bonchev–Trinajstić information content (AvgIpc) is 3.34. The molecular weight excluding hydrogens is 468 g/mol. The zero-order valence-corrected chi connectivity index (χ0v) is 19.1. The van der Waals surface area contributed by atoms with Crippen LogP contribution in [0.1, 0.15) is 10.4 Å². The standard InChI is InChI=1S/C19H24N8O6S/c1-26(2)16-14-17(22-9-21-16)27(10-23-14)19(30)8-33-13(15(19)28)7-24-34(31,32)25-18(29)11-5-3-4-6-12(11)20/h3-6,9-10,13,15,24,28,30H,7-8,20H2,1-2H3,(H,25,29)/t13-,15-,19-/m1/s1. The van der Waals surface area contributed by atoms with Gasteiger partial charge in [-0.05, 0) is 12.1 Å². The van der Waals surface area contributed by atoms with Crippen LogP contribution in [0.3, 0.4) is 0 Å². The van der Waals surface area contributed by atoms with E-state index in [-0.39, 0.29) is 23.5 Å². The summed E-state index contributed by atoms with van der Waals surface area (Å²) in [6.07, 6.45) is -0.0811. The Kier molecular flexibility index (Phi) is 6.13. The molecule has 4 rings (SSSR count). The fourth-order valence-electron chi connectivity index (χ4n) is 3.63. The molecule has 1 amide bonds. The molecule has 182 valence electrons. The number of fused-ring (bicyclic) bond motifs is 1. The summed E-state index contributed by atoms with van der Waals surface area (Å²) in [6.45, 7) is -0.791. The molecule has 0 spiro atoms. The molecule has 0 unspecified atom stereocenters. The number of para-hydroxylation sites is 1. The molecule has 3 aromatic rings. The first-order valence-corrected chi connectivity index (χ1v) is 11.6. The molecule has 15 heteroatoms. The highest BCUT2D eigenvalue weighted by Gasteiger charge is 2.50. The number of nitrogens with two attached hydrogens (primary N) is 1. The van der Waals surface area contributed by atoms with E-state index >= 15 is 0 Å². The van der Waals surface area contributed by atoms with Crippen LogP contribution >= 0.6 is 0 Å². The van der Waals surface area contributed by atoms with E-state index < -0.39 is 40.6 Å². The summed E-state index contributed by atoms with van der Waals surface area (Å²) < 4.78 is 35.4. The molecule has 1 aliphatic heterocycles. The zero-order valence-electron chi connectivity index (χ0n) is 18.3. The fourth-order valence-corrected chi connectivity index (χ4v) is 4.44. The number of aliphatic hydroxyl groups excluding tert-OH is 1. The molecule has 14 nitrogen and oxygen atoms in total. The first kappa shape index (κ1) is 23.8. The van der Waals surface area contributed by atoms with Gasteiger partial charge in [-0.25, -0.2) is 19.7 Å². The van der Waals surface area contributed by atoms with Crippen molar-refractivity contribution in [3.63, 3.8) is 0 Å². The van der Waals surface area contributed by atoms with E-state index in [1.807, 2.05) is 4.72 Å². The van der Waals surface area contributed by atoms with Crippen molar-refractivity contribution in [2.24, 2.45) is 0 Å². The van der Waals surface area contributed by atoms with Crippen molar-refractivity contribution in [3.8, 4) is 0 Å². The van der Waals surface area contributed by atoms with Gasteiger partial charge in [0.1, 0.15) is 18.5 Å². The minimum absolute atomic E-state index is 0.00882. The van der Waals surface area contributed by atoms with Crippen molar-refractivity contribution >= 4 is 38.8 Å². The Morgan fingerprint density at radius 2 is 2.06 bits per heavy atom. The molecule has 1 saturated heterocycles. The summed E-state index contributed by atoms with van der Waals surface area (Å²) in [5.74, 6) is -0.406. The van der Waals surface area contributed by atoms with E-state index in [9.17, 15) is 23.4 Å². The van der Waals surface area contributed by atoms with Crippen molar-refractivity contribution < 1.29 is 28.2 Å². The third-order valence-corrected chi connectivity index (χ3v) is 6.40. The van der Waals surface area contributed by atoms with Crippen LogP contribution in [0.25, 0.3) is 11.2 Å². The third-order valence-electron chi connectivity index (χ3n) is 5.40. The number of aliphatic hydroxyl groups is 2. The number of carbonyl (C=O) groups excluding carboxylic acids is 1. The minimum Gasteiger partial charge on any atom is -0.398 e. The fraction of sp³-hybridized carbons (Fsp3) is 0.368. The quantitative estimate of drug-likeness (QED) is 0.232. The maximum absolute atomic E-state index is 12.3. The smallest absolute Gasteiger partial charge is 0.301 e.